The number of benzene rings is 1. The fourth-order valence-electron chi connectivity index (χ4n) is 0.769. The van der Waals surface area contributed by atoms with Crippen LogP contribution < -0.4 is 0 Å². The van der Waals surface area contributed by atoms with Gasteiger partial charge in [-0.25, -0.2) is 4.79 Å². The second kappa shape index (κ2) is 4.67. The van der Waals surface area contributed by atoms with Gasteiger partial charge < -0.3 is 4.74 Å². The molecular weight excluding hydrogens is 188 g/mol. The third kappa shape index (κ3) is 2.91. The molecule has 0 spiro atoms. The molecule has 0 atom stereocenters. The first kappa shape index (κ1) is 9.80. The van der Waals surface area contributed by atoms with Crippen LogP contribution in [0, 0.1) is 0 Å². The molecule has 0 aliphatic rings. The zero-order valence-electron chi connectivity index (χ0n) is 6.77. The van der Waals surface area contributed by atoms with E-state index in [1.54, 1.807) is 30.3 Å². The molecule has 0 amide bonds. The van der Waals surface area contributed by atoms with Crippen molar-refractivity contribution in [3.05, 3.63) is 35.9 Å². The molecule has 0 radical (unpaired) electrons. The largest absolute Gasteiger partial charge is 0.389 e. The Bertz CT molecular complexity index is 308. The molecule has 13 heavy (non-hydrogen) atoms. The van der Waals surface area contributed by atoms with Crippen LogP contribution in [0.25, 0.3) is 0 Å². The SMILES string of the molecule is O=C(CS)OC(=O)c1ccccc1. The highest BCUT2D eigenvalue weighted by Crippen LogP contribution is 2.01. The monoisotopic (exact) mass is 196 g/mol. The summed E-state index contributed by atoms with van der Waals surface area (Å²) in [5.74, 6) is -1.38. The van der Waals surface area contributed by atoms with E-state index in [-0.39, 0.29) is 5.75 Å². The van der Waals surface area contributed by atoms with Gasteiger partial charge in [0.05, 0.1) is 11.3 Å². The van der Waals surface area contributed by atoms with Crippen molar-refractivity contribution in [3.8, 4) is 0 Å². The van der Waals surface area contributed by atoms with Crippen molar-refractivity contribution in [1.29, 1.82) is 0 Å². The summed E-state index contributed by atoms with van der Waals surface area (Å²) in [5.41, 5.74) is 0.359. The van der Waals surface area contributed by atoms with Gasteiger partial charge in [-0.15, -0.1) is 0 Å². The topological polar surface area (TPSA) is 43.4 Å². The zero-order valence-corrected chi connectivity index (χ0v) is 7.66. The first-order valence-electron chi connectivity index (χ1n) is 3.65. The fraction of sp³-hybridized carbons (Fsp3) is 0.111. The third-order valence-corrected chi connectivity index (χ3v) is 1.60. The predicted molar refractivity (Wildman–Crippen MR) is 50.7 cm³/mol. The number of ether oxygens (including phenoxy) is 1. The minimum Gasteiger partial charge on any atom is -0.389 e. The van der Waals surface area contributed by atoms with Crippen LogP contribution in [0.15, 0.2) is 30.3 Å². The van der Waals surface area contributed by atoms with Gasteiger partial charge in [0.15, 0.2) is 0 Å². The van der Waals surface area contributed by atoms with E-state index in [0.29, 0.717) is 5.56 Å². The van der Waals surface area contributed by atoms with Gasteiger partial charge in [0, 0.05) is 0 Å². The van der Waals surface area contributed by atoms with E-state index in [4.69, 9.17) is 0 Å². The van der Waals surface area contributed by atoms with Crippen LogP contribution in [0.2, 0.25) is 0 Å². The van der Waals surface area contributed by atoms with E-state index < -0.39 is 11.9 Å². The molecule has 0 bridgehead atoms. The predicted octanol–water partition coefficient (Wildman–Crippen LogP) is 1.30. The summed E-state index contributed by atoms with van der Waals surface area (Å²) < 4.78 is 4.43. The Morgan fingerprint density at radius 1 is 1.23 bits per heavy atom. The molecule has 4 heteroatoms. The van der Waals surface area contributed by atoms with Gasteiger partial charge in [0.1, 0.15) is 0 Å². The molecule has 0 aliphatic carbocycles. The van der Waals surface area contributed by atoms with Crippen LogP contribution in [0.3, 0.4) is 0 Å². The summed E-state index contributed by atoms with van der Waals surface area (Å²) in [6.45, 7) is 0. The summed E-state index contributed by atoms with van der Waals surface area (Å²) in [6, 6.07) is 8.32. The van der Waals surface area contributed by atoms with E-state index in [2.05, 4.69) is 17.4 Å². The average molecular weight is 196 g/mol. The number of carbonyl (C=O) groups is 2. The number of rotatable bonds is 2. The van der Waals surface area contributed by atoms with E-state index >= 15 is 0 Å². The quantitative estimate of drug-likeness (QED) is 0.440. The van der Waals surface area contributed by atoms with Gasteiger partial charge in [0.25, 0.3) is 0 Å². The lowest BCUT2D eigenvalue weighted by Gasteiger charge is -1.99. The summed E-state index contributed by atoms with van der Waals surface area (Å²) in [7, 11) is 0. The van der Waals surface area contributed by atoms with Crippen molar-refractivity contribution in [2.24, 2.45) is 0 Å². The van der Waals surface area contributed by atoms with E-state index in [0.717, 1.165) is 0 Å². The van der Waals surface area contributed by atoms with Gasteiger partial charge >= 0.3 is 11.9 Å². The van der Waals surface area contributed by atoms with Gasteiger partial charge in [-0.05, 0) is 12.1 Å². The molecule has 3 nitrogen and oxygen atoms in total. The molecule has 1 aromatic carbocycles. The highest BCUT2D eigenvalue weighted by molar-refractivity contribution is 7.81. The van der Waals surface area contributed by atoms with E-state index in [1.807, 2.05) is 0 Å². The van der Waals surface area contributed by atoms with E-state index in [1.165, 1.54) is 0 Å². The lowest BCUT2D eigenvalue weighted by atomic mass is 10.2. The Hall–Kier alpha value is -1.29. The molecule has 0 unspecified atom stereocenters. The number of hydrogen-bond acceptors (Lipinski definition) is 4. The minimum atomic E-state index is -0.641. The standard InChI is InChI=1S/C9H8O3S/c10-8(6-13)12-9(11)7-4-2-1-3-5-7/h1-5,13H,6H2. The zero-order chi connectivity index (χ0) is 9.68. The van der Waals surface area contributed by atoms with Crippen LogP contribution >= 0.6 is 12.6 Å². The number of hydrogen-bond donors (Lipinski definition) is 1. The van der Waals surface area contributed by atoms with Gasteiger partial charge in [-0.3, -0.25) is 4.79 Å². The van der Waals surface area contributed by atoms with Gasteiger partial charge in [-0.1, -0.05) is 18.2 Å². The molecule has 1 rings (SSSR count). The first-order valence-corrected chi connectivity index (χ1v) is 4.28. The maximum Gasteiger partial charge on any atom is 0.345 e. The lowest BCUT2D eigenvalue weighted by Crippen LogP contribution is -2.13. The van der Waals surface area contributed by atoms with Crippen LogP contribution in [0.1, 0.15) is 10.4 Å². The van der Waals surface area contributed by atoms with Crippen molar-refractivity contribution in [2.45, 2.75) is 0 Å². The molecular formula is C9H8O3S. The second-order valence-electron chi connectivity index (χ2n) is 2.29. The lowest BCUT2D eigenvalue weighted by molar-refractivity contribution is -0.134. The normalized spacial score (nSPS) is 9.31. The van der Waals surface area contributed by atoms with Crippen molar-refractivity contribution >= 4 is 24.6 Å². The number of esters is 2. The fourth-order valence-corrected chi connectivity index (χ4v) is 0.833. The molecule has 68 valence electrons. The summed E-state index contributed by atoms with van der Waals surface area (Å²) in [4.78, 5) is 21.8. The Morgan fingerprint density at radius 3 is 2.38 bits per heavy atom. The van der Waals surface area contributed by atoms with Crippen LogP contribution in [0.4, 0.5) is 0 Å². The minimum absolute atomic E-state index is 0.0986. The summed E-state index contributed by atoms with van der Waals surface area (Å²) in [6.07, 6.45) is 0. The molecule has 0 fully saturated rings. The van der Waals surface area contributed by atoms with Crippen LogP contribution in [0.5, 0.6) is 0 Å². The van der Waals surface area contributed by atoms with E-state index in [9.17, 15) is 9.59 Å². The molecule has 0 saturated heterocycles. The Morgan fingerprint density at radius 2 is 1.85 bits per heavy atom. The molecule has 0 N–H and O–H groups in total. The maximum absolute atomic E-state index is 11.1. The summed E-state index contributed by atoms with van der Waals surface area (Å²) in [5, 5.41) is 0. The van der Waals surface area contributed by atoms with Crippen molar-refractivity contribution in [2.75, 3.05) is 5.75 Å². The maximum atomic E-state index is 11.1. The highest BCUT2D eigenvalue weighted by Gasteiger charge is 2.10. The number of thiol groups is 1. The number of carbonyl (C=O) groups excluding carboxylic acids is 2. The Labute approximate surface area is 81.1 Å². The Kier molecular flexibility index (Phi) is 3.52. The third-order valence-electron chi connectivity index (χ3n) is 1.35. The molecule has 0 saturated carbocycles. The van der Waals surface area contributed by atoms with Crippen molar-refractivity contribution < 1.29 is 14.3 Å². The average Bonchev–Trinajstić information content (AvgIpc) is 2.19. The van der Waals surface area contributed by atoms with Crippen molar-refractivity contribution in [3.63, 3.8) is 0 Å². The molecule has 0 heterocycles. The van der Waals surface area contributed by atoms with Crippen LogP contribution in [-0.4, -0.2) is 17.7 Å². The van der Waals surface area contributed by atoms with Crippen molar-refractivity contribution in [1.82, 2.24) is 0 Å². The van der Waals surface area contributed by atoms with Gasteiger partial charge in [0.2, 0.25) is 0 Å². The molecule has 0 aromatic heterocycles. The smallest absolute Gasteiger partial charge is 0.345 e. The Balaban J connectivity index is 2.65. The van der Waals surface area contributed by atoms with Crippen LogP contribution in [-0.2, 0) is 9.53 Å². The van der Waals surface area contributed by atoms with Gasteiger partial charge in [-0.2, -0.15) is 12.6 Å². The first-order chi connectivity index (χ1) is 6.24. The highest BCUT2D eigenvalue weighted by atomic mass is 32.1. The second-order valence-corrected chi connectivity index (χ2v) is 2.60. The molecule has 0 aliphatic heterocycles. The summed E-state index contributed by atoms with van der Waals surface area (Å²) >= 11 is 3.68. The molecule has 1 aromatic rings.